The number of fused-ring (bicyclic) bond motifs is 1. The molecule has 1 amide bonds. The zero-order valence-corrected chi connectivity index (χ0v) is 11.1. The molecule has 0 saturated carbocycles. The molecule has 106 valence electrons. The van der Waals surface area contributed by atoms with Gasteiger partial charge in [-0.15, -0.1) is 0 Å². The predicted octanol–water partition coefficient (Wildman–Crippen LogP) is 2.13. The lowest BCUT2D eigenvalue weighted by atomic mass is 10.2. The maximum atomic E-state index is 12.2. The second-order valence-corrected chi connectivity index (χ2v) is 4.76. The number of nitro benzene ring substituents is 1. The van der Waals surface area contributed by atoms with Crippen LogP contribution in [0.4, 0.5) is 11.5 Å². The highest BCUT2D eigenvalue weighted by atomic mass is 16.6. The van der Waals surface area contributed by atoms with Crippen molar-refractivity contribution in [2.24, 2.45) is 0 Å². The SMILES string of the molecule is O=C(Nc1ncnc2c1CCC2)c1ccc([N+](=O)[O-])cc1. The molecule has 0 fully saturated rings. The summed E-state index contributed by atoms with van der Waals surface area (Å²) in [5.74, 6) is 0.193. The molecule has 0 unspecified atom stereocenters. The fraction of sp³-hybridized carbons (Fsp3) is 0.214. The average molecular weight is 284 g/mol. The van der Waals surface area contributed by atoms with Gasteiger partial charge in [-0.1, -0.05) is 0 Å². The van der Waals surface area contributed by atoms with Crippen molar-refractivity contribution in [2.75, 3.05) is 5.32 Å². The summed E-state index contributed by atoms with van der Waals surface area (Å²) in [6.07, 6.45) is 4.20. The van der Waals surface area contributed by atoms with Crippen LogP contribution in [0, 0.1) is 10.1 Å². The number of nitrogens with zero attached hydrogens (tertiary/aromatic N) is 3. The first kappa shape index (κ1) is 13.2. The lowest BCUT2D eigenvalue weighted by Crippen LogP contribution is -2.15. The highest BCUT2D eigenvalue weighted by Crippen LogP contribution is 2.25. The quantitative estimate of drug-likeness (QED) is 0.687. The number of amides is 1. The number of hydrogen-bond acceptors (Lipinski definition) is 5. The molecule has 0 bridgehead atoms. The monoisotopic (exact) mass is 284 g/mol. The van der Waals surface area contributed by atoms with E-state index in [-0.39, 0.29) is 11.6 Å². The molecule has 1 aromatic heterocycles. The Labute approximate surface area is 120 Å². The molecule has 7 heteroatoms. The van der Waals surface area contributed by atoms with Gasteiger partial charge in [0.1, 0.15) is 12.1 Å². The summed E-state index contributed by atoms with van der Waals surface area (Å²) >= 11 is 0. The number of nitrogens with one attached hydrogen (secondary N) is 1. The molecule has 0 radical (unpaired) electrons. The molecule has 1 aromatic carbocycles. The molecule has 0 saturated heterocycles. The van der Waals surface area contributed by atoms with Crippen molar-refractivity contribution in [3.63, 3.8) is 0 Å². The number of carbonyl (C=O) groups is 1. The third kappa shape index (κ3) is 2.58. The Morgan fingerprint density at radius 2 is 1.95 bits per heavy atom. The van der Waals surface area contributed by atoms with Crippen molar-refractivity contribution < 1.29 is 9.72 Å². The van der Waals surface area contributed by atoms with Crippen LogP contribution in [0.2, 0.25) is 0 Å². The van der Waals surface area contributed by atoms with Crippen molar-refractivity contribution in [3.05, 3.63) is 57.5 Å². The minimum atomic E-state index is -0.501. The highest BCUT2D eigenvalue weighted by Gasteiger charge is 2.19. The van der Waals surface area contributed by atoms with E-state index in [1.54, 1.807) is 0 Å². The topological polar surface area (TPSA) is 98.0 Å². The summed E-state index contributed by atoms with van der Waals surface area (Å²) < 4.78 is 0. The molecule has 0 spiro atoms. The summed E-state index contributed by atoms with van der Waals surface area (Å²) in [7, 11) is 0. The zero-order valence-electron chi connectivity index (χ0n) is 11.1. The number of nitro groups is 1. The van der Waals surface area contributed by atoms with Gasteiger partial charge in [-0.3, -0.25) is 14.9 Å². The molecule has 1 heterocycles. The van der Waals surface area contributed by atoms with Crippen LogP contribution in [0.1, 0.15) is 28.0 Å². The third-order valence-electron chi connectivity index (χ3n) is 3.45. The minimum absolute atomic E-state index is 0.0468. The van der Waals surface area contributed by atoms with E-state index >= 15 is 0 Å². The largest absolute Gasteiger partial charge is 0.306 e. The number of rotatable bonds is 3. The van der Waals surface area contributed by atoms with E-state index in [0.29, 0.717) is 11.4 Å². The smallest absolute Gasteiger partial charge is 0.269 e. The van der Waals surface area contributed by atoms with E-state index < -0.39 is 4.92 Å². The Balaban J connectivity index is 1.81. The normalized spacial score (nSPS) is 12.8. The maximum absolute atomic E-state index is 12.2. The second kappa shape index (κ2) is 5.28. The van der Waals surface area contributed by atoms with E-state index in [1.165, 1.54) is 30.6 Å². The van der Waals surface area contributed by atoms with Gasteiger partial charge in [0.2, 0.25) is 0 Å². The van der Waals surface area contributed by atoms with Gasteiger partial charge in [-0.2, -0.15) is 0 Å². The Bertz CT molecular complexity index is 713. The number of non-ortho nitro benzene ring substituents is 1. The Hall–Kier alpha value is -2.83. The van der Waals surface area contributed by atoms with Gasteiger partial charge < -0.3 is 5.32 Å². The minimum Gasteiger partial charge on any atom is -0.306 e. The second-order valence-electron chi connectivity index (χ2n) is 4.76. The zero-order chi connectivity index (χ0) is 14.8. The fourth-order valence-corrected chi connectivity index (χ4v) is 2.38. The molecular formula is C14H12N4O3. The fourth-order valence-electron chi connectivity index (χ4n) is 2.38. The van der Waals surface area contributed by atoms with E-state index in [4.69, 9.17) is 0 Å². The molecule has 21 heavy (non-hydrogen) atoms. The predicted molar refractivity (Wildman–Crippen MR) is 75.1 cm³/mol. The van der Waals surface area contributed by atoms with Gasteiger partial charge in [-0.25, -0.2) is 9.97 Å². The lowest BCUT2D eigenvalue weighted by Gasteiger charge is -2.08. The Morgan fingerprint density at radius 1 is 1.19 bits per heavy atom. The van der Waals surface area contributed by atoms with Gasteiger partial charge in [-0.05, 0) is 31.4 Å². The van der Waals surface area contributed by atoms with E-state index in [1.807, 2.05) is 0 Å². The molecular weight excluding hydrogens is 272 g/mol. The van der Waals surface area contributed by atoms with E-state index in [2.05, 4.69) is 15.3 Å². The van der Waals surface area contributed by atoms with Crippen LogP contribution >= 0.6 is 0 Å². The van der Waals surface area contributed by atoms with Crippen LogP contribution < -0.4 is 5.32 Å². The number of hydrogen-bond donors (Lipinski definition) is 1. The van der Waals surface area contributed by atoms with Crippen molar-refractivity contribution in [3.8, 4) is 0 Å². The lowest BCUT2D eigenvalue weighted by molar-refractivity contribution is -0.384. The number of aromatic nitrogens is 2. The molecule has 7 nitrogen and oxygen atoms in total. The van der Waals surface area contributed by atoms with Crippen LogP contribution in [0.3, 0.4) is 0 Å². The van der Waals surface area contributed by atoms with Crippen molar-refractivity contribution in [1.82, 2.24) is 9.97 Å². The van der Waals surface area contributed by atoms with Gasteiger partial charge in [0, 0.05) is 29.0 Å². The summed E-state index contributed by atoms with van der Waals surface area (Å²) in [6, 6.07) is 5.46. The first-order chi connectivity index (χ1) is 10.1. The highest BCUT2D eigenvalue weighted by molar-refractivity contribution is 6.04. The van der Waals surface area contributed by atoms with Gasteiger partial charge in [0.05, 0.1) is 4.92 Å². The number of carbonyl (C=O) groups excluding carboxylic acids is 1. The van der Waals surface area contributed by atoms with Crippen LogP contribution in [0.5, 0.6) is 0 Å². The third-order valence-corrected chi connectivity index (χ3v) is 3.45. The molecule has 1 aliphatic rings. The first-order valence-electron chi connectivity index (χ1n) is 6.53. The van der Waals surface area contributed by atoms with E-state index in [0.717, 1.165) is 30.5 Å². The van der Waals surface area contributed by atoms with Gasteiger partial charge in [0.15, 0.2) is 0 Å². The maximum Gasteiger partial charge on any atom is 0.269 e. The molecule has 0 atom stereocenters. The van der Waals surface area contributed by atoms with E-state index in [9.17, 15) is 14.9 Å². The van der Waals surface area contributed by atoms with Crippen LogP contribution in [-0.2, 0) is 12.8 Å². The summed E-state index contributed by atoms with van der Waals surface area (Å²) in [6.45, 7) is 0. The summed E-state index contributed by atoms with van der Waals surface area (Å²) in [5, 5.41) is 13.3. The van der Waals surface area contributed by atoms with Crippen LogP contribution in [-0.4, -0.2) is 20.8 Å². The molecule has 3 rings (SSSR count). The van der Waals surface area contributed by atoms with Crippen LogP contribution in [0.15, 0.2) is 30.6 Å². The van der Waals surface area contributed by atoms with Crippen LogP contribution in [0.25, 0.3) is 0 Å². The van der Waals surface area contributed by atoms with Gasteiger partial charge >= 0.3 is 0 Å². The molecule has 0 aliphatic heterocycles. The number of aryl methyl sites for hydroxylation is 1. The summed E-state index contributed by atoms with van der Waals surface area (Å²) in [5.41, 5.74) is 2.26. The Kier molecular flexibility index (Phi) is 3.31. The average Bonchev–Trinajstić information content (AvgIpc) is 2.97. The number of anilines is 1. The summed E-state index contributed by atoms with van der Waals surface area (Å²) in [4.78, 5) is 30.5. The van der Waals surface area contributed by atoms with Crippen molar-refractivity contribution >= 4 is 17.4 Å². The molecule has 1 aliphatic carbocycles. The first-order valence-corrected chi connectivity index (χ1v) is 6.53. The van der Waals surface area contributed by atoms with Gasteiger partial charge in [0.25, 0.3) is 11.6 Å². The standard InChI is InChI=1S/C14H12N4O3/c19-14(9-4-6-10(7-5-9)18(20)21)17-13-11-2-1-3-12(11)15-8-16-13/h4-8H,1-3H2,(H,15,16,17,19). The molecule has 1 N–H and O–H groups in total. The van der Waals surface area contributed by atoms with Crippen molar-refractivity contribution in [2.45, 2.75) is 19.3 Å². The number of benzene rings is 1. The molecule has 2 aromatic rings. The Morgan fingerprint density at radius 3 is 2.67 bits per heavy atom. The van der Waals surface area contributed by atoms with Crippen molar-refractivity contribution in [1.29, 1.82) is 0 Å².